The number of hydrogen-bond acceptors (Lipinski definition) is 4. The summed E-state index contributed by atoms with van der Waals surface area (Å²) in [4.78, 5) is 11.8. The Hall–Kier alpha value is -1.83. The fourth-order valence-electron chi connectivity index (χ4n) is 1.80. The highest BCUT2D eigenvalue weighted by Crippen LogP contribution is 2.19. The number of amides is 1. The van der Waals surface area contributed by atoms with Crippen molar-refractivity contribution in [3.63, 3.8) is 0 Å². The van der Waals surface area contributed by atoms with Crippen molar-refractivity contribution in [1.82, 2.24) is 10.0 Å². The minimum atomic E-state index is -3.67. The zero-order valence-corrected chi connectivity index (χ0v) is 13.4. The molecule has 1 aromatic heterocycles. The van der Waals surface area contributed by atoms with E-state index in [1.54, 1.807) is 19.1 Å². The van der Waals surface area contributed by atoms with Gasteiger partial charge in [-0.2, -0.15) is 0 Å². The molecule has 1 heterocycles. The Kier molecular flexibility index (Phi) is 5.23. The van der Waals surface area contributed by atoms with Gasteiger partial charge in [0.1, 0.15) is 6.26 Å². The van der Waals surface area contributed by atoms with Gasteiger partial charge in [0.05, 0.1) is 16.7 Å². The number of aryl methyl sites for hydroxylation is 1. The van der Waals surface area contributed by atoms with Gasteiger partial charge in [0.2, 0.25) is 10.0 Å². The number of halogens is 1. The van der Waals surface area contributed by atoms with Crippen LogP contribution in [0.5, 0.6) is 0 Å². The maximum atomic E-state index is 12.2. The third-order valence-electron chi connectivity index (χ3n) is 2.93. The first kappa shape index (κ1) is 16.5. The van der Waals surface area contributed by atoms with Crippen molar-refractivity contribution in [1.29, 1.82) is 0 Å². The predicted molar refractivity (Wildman–Crippen MR) is 82.4 cm³/mol. The number of rotatable bonds is 6. The summed E-state index contributed by atoms with van der Waals surface area (Å²) in [5, 5.41) is 2.93. The minimum absolute atomic E-state index is 0.0673. The van der Waals surface area contributed by atoms with Gasteiger partial charge in [-0.1, -0.05) is 17.7 Å². The molecule has 1 aromatic carbocycles. The molecule has 0 saturated carbocycles. The Morgan fingerprint density at radius 1 is 1.27 bits per heavy atom. The van der Waals surface area contributed by atoms with E-state index < -0.39 is 10.0 Å². The van der Waals surface area contributed by atoms with Crippen LogP contribution < -0.4 is 10.0 Å². The molecule has 8 heteroatoms. The van der Waals surface area contributed by atoms with Gasteiger partial charge in [-0.3, -0.25) is 4.79 Å². The van der Waals surface area contributed by atoms with Crippen molar-refractivity contribution in [2.24, 2.45) is 0 Å². The third kappa shape index (κ3) is 4.09. The normalized spacial score (nSPS) is 11.4. The summed E-state index contributed by atoms with van der Waals surface area (Å²) in [7, 11) is -3.67. The second kappa shape index (κ2) is 6.95. The largest absolute Gasteiger partial charge is 0.472 e. The Morgan fingerprint density at radius 3 is 2.73 bits per heavy atom. The quantitative estimate of drug-likeness (QED) is 0.785. The summed E-state index contributed by atoms with van der Waals surface area (Å²) in [5.74, 6) is -0.327. The van der Waals surface area contributed by atoms with Gasteiger partial charge >= 0.3 is 0 Å². The molecule has 0 aliphatic heterocycles. The van der Waals surface area contributed by atoms with Crippen LogP contribution in [-0.2, 0) is 10.0 Å². The highest BCUT2D eigenvalue weighted by atomic mass is 35.5. The first-order valence-corrected chi connectivity index (χ1v) is 8.32. The monoisotopic (exact) mass is 342 g/mol. The van der Waals surface area contributed by atoms with Gasteiger partial charge in [0.15, 0.2) is 0 Å². The number of hydrogen-bond donors (Lipinski definition) is 2. The average molecular weight is 343 g/mol. The second-order valence-electron chi connectivity index (χ2n) is 4.58. The van der Waals surface area contributed by atoms with Crippen LogP contribution in [0, 0.1) is 6.92 Å². The number of carbonyl (C=O) groups excluding carboxylic acids is 1. The van der Waals surface area contributed by atoms with Gasteiger partial charge in [-0.15, -0.1) is 0 Å². The molecule has 0 bridgehead atoms. The van der Waals surface area contributed by atoms with Gasteiger partial charge in [-0.25, -0.2) is 13.1 Å². The van der Waals surface area contributed by atoms with E-state index >= 15 is 0 Å². The van der Waals surface area contributed by atoms with Gasteiger partial charge < -0.3 is 9.73 Å². The standard InChI is InChI=1S/C14H15ClN2O4S/c1-10-2-3-12(15)8-13(10)22(19,20)17-6-5-16-14(18)11-4-7-21-9-11/h2-4,7-9,17H,5-6H2,1H3,(H,16,18). The minimum Gasteiger partial charge on any atom is -0.472 e. The van der Waals surface area contributed by atoms with Crippen LogP contribution in [0.15, 0.2) is 46.1 Å². The predicted octanol–water partition coefficient (Wildman–Crippen LogP) is 1.95. The van der Waals surface area contributed by atoms with Gasteiger partial charge in [0.25, 0.3) is 5.91 Å². The van der Waals surface area contributed by atoms with Crippen molar-refractivity contribution in [3.05, 3.63) is 52.9 Å². The van der Waals surface area contributed by atoms with Crippen LogP contribution in [0.3, 0.4) is 0 Å². The summed E-state index contributed by atoms with van der Waals surface area (Å²) < 4.78 is 31.6. The molecule has 1 amide bonds. The molecule has 0 aliphatic carbocycles. The van der Waals surface area contributed by atoms with Gasteiger partial charge in [-0.05, 0) is 30.7 Å². The summed E-state index contributed by atoms with van der Waals surface area (Å²) in [6, 6.07) is 6.18. The van der Waals surface area contributed by atoms with E-state index in [0.29, 0.717) is 16.1 Å². The average Bonchev–Trinajstić information content (AvgIpc) is 3.00. The maximum absolute atomic E-state index is 12.2. The van der Waals surface area contributed by atoms with Crippen molar-refractivity contribution in [2.75, 3.05) is 13.1 Å². The number of carbonyl (C=O) groups is 1. The molecule has 2 aromatic rings. The highest BCUT2D eigenvalue weighted by molar-refractivity contribution is 7.89. The van der Waals surface area contributed by atoms with Crippen LogP contribution in [0.1, 0.15) is 15.9 Å². The lowest BCUT2D eigenvalue weighted by atomic mass is 10.2. The number of nitrogens with one attached hydrogen (secondary N) is 2. The van der Waals surface area contributed by atoms with Crippen LogP contribution >= 0.6 is 11.6 Å². The van der Waals surface area contributed by atoms with E-state index in [1.165, 1.54) is 24.7 Å². The fourth-order valence-corrected chi connectivity index (χ4v) is 3.34. The molecule has 0 radical (unpaired) electrons. The van der Waals surface area contributed by atoms with Crippen LogP contribution in [-0.4, -0.2) is 27.4 Å². The molecule has 0 spiro atoms. The Balaban J connectivity index is 1.90. The Morgan fingerprint density at radius 2 is 2.05 bits per heavy atom. The summed E-state index contributed by atoms with van der Waals surface area (Å²) in [6.07, 6.45) is 2.70. The SMILES string of the molecule is Cc1ccc(Cl)cc1S(=O)(=O)NCCNC(=O)c1ccoc1. The zero-order chi connectivity index (χ0) is 16.2. The molecule has 0 unspecified atom stereocenters. The van der Waals surface area contributed by atoms with Crippen molar-refractivity contribution in [3.8, 4) is 0 Å². The molecule has 6 nitrogen and oxygen atoms in total. The lowest BCUT2D eigenvalue weighted by Crippen LogP contribution is -2.34. The lowest BCUT2D eigenvalue weighted by molar-refractivity contribution is 0.0953. The maximum Gasteiger partial charge on any atom is 0.254 e. The number of furan rings is 1. The topological polar surface area (TPSA) is 88.4 Å². The van der Waals surface area contributed by atoms with Crippen LogP contribution in [0.25, 0.3) is 0 Å². The summed E-state index contributed by atoms with van der Waals surface area (Å²) >= 11 is 5.82. The Labute approximate surface area is 133 Å². The van der Waals surface area contributed by atoms with Gasteiger partial charge in [0, 0.05) is 18.1 Å². The molecule has 2 N–H and O–H groups in total. The van der Waals surface area contributed by atoms with E-state index in [-0.39, 0.29) is 23.9 Å². The first-order chi connectivity index (χ1) is 10.4. The molecule has 0 saturated heterocycles. The zero-order valence-electron chi connectivity index (χ0n) is 11.8. The first-order valence-electron chi connectivity index (χ1n) is 6.46. The summed E-state index contributed by atoms with van der Waals surface area (Å²) in [6.45, 7) is 1.91. The highest BCUT2D eigenvalue weighted by Gasteiger charge is 2.16. The molecule has 0 aliphatic rings. The summed E-state index contributed by atoms with van der Waals surface area (Å²) in [5.41, 5.74) is 0.980. The molecule has 0 atom stereocenters. The van der Waals surface area contributed by atoms with Crippen LogP contribution in [0.4, 0.5) is 0 Å². The number of sulfonamides is 1. The van der Waals surface area contributed by atoms with Crippen molar-refractivity contribution in [2.45, 2.75) is 11.8 Å². The third-order valence-corrected chi connectivity index (χ3v) is 4.76. The van der Waals surface area contributed by atoms with E-state index in [2.05, 4.69) is 10.0 Å². The molecule has 0 fully saturated rings. The van der Waals surface area contributed by atoms with Crippen molar-refractivity contribution < 1.29 is 17.6 Å². The van der Waals surface area contributed by atoms with Crippen LogP contribution in [0.2, 0.25) is 5.02 Å². The van der Waals surface area contributed by atoms with E-state index in [1.807, 2.05) is 0 Å². The molecular weight excluding hydrogens is 328 g/mol. The molecule has 22 heavy (non-hydrogen) atoms. The molecular formula is C14H15ClN2O4S. The second-order valence-corrected chi connectivity index (χ2v) is 6.75. The fraction of sp³-hybridized carbons (Fsp3) is 0.214. The lowest BCUT2D eigenvalue weighted by Gasteiger charge is -2.10. The van der Waals surface area contributed by atoms with E-state index in [0.717, 1.165) is 0 Å². The van der Waals surface area contributed by atoms with Crippen molar-refractivity contribution >= 4 is 27.5 Å². The Bertz CT molecular complexity index is 757. The smallest absolute Gasteiger partial charge is 0.254 e. The number of benzene rings is 1. The van der Waals surface area contributed by atoms with E-state index in [9.17, 15) is 13.2 Å². The van der Waals surface area contributed by atoms with E-state index in [4.69, 9.17) is 16.0 Å². The molecule has 118 valence electrons. The molecule has 2 rings (SSSR count).